The molecule has 0 spiro atoms. The fourth-order valence-corrected chi connectivity index (χ4v) is 5.18. The van der Waals surface area contributed by atoms with Crippen molar-refractivity contribution >= 4 is 0 Å². The molecular weight excluding hydrogens is 331 g/mol. The normalized spacial score (nSPS) is 28.4. The summed E-state index contributed by atoms with van der Waals surface area (Å²) in [7, 11) is 0. The molecule has 0 heterocycles. The summed E-state index contributed by atoms with van der Waals surface area (Å²) >= 11 is 0. The average molecular weight is 369 g/mol. The van der Waals surface area contributed by atoms with Gasteiger partial charge in [-0.1, -0.05) is 57.4 Å². The number of aryl methyl sites for hydroxylation is 1. The number of hydrogen-bond acceptors (Lipinski definition) is 0. The summed E-state index contributed by atoms with van der Waals surface area (Å²) in [4.78, 5) is 0. The average Bonchev–Trinajstić information content (AvgIpc) is 2.72. The molecule has 2 fully saturated rings. The van der Waals surface area contributed by atoms with Crippen molar-refractivity contribution in [1.82, 2.24) is 0 Å². The van der Waals surface area contributed by atoms with Gasteiger partial charge in [0.2, 0.25) is 0 Å². The summed E-state index contributed by atoms with van der Waals surface area (Å²) in [5.41, 5.74) is 1.67. The predicted octanol–water partition coefficient (Wildman–Crippen LogP) is 7.54. The third-order valence-corrected chi connectivity index (χ3v) is 7.18. The lowest BCUT2D eigenvalue weighted by Gasteiger charge is -2.36. The zero-order chi connectivity index (χ0) is 19.1. The fraction of sp³-hybridized carbons (Fsp3) is 0.692. The molecule has 1 aromatic carbocycles. The predicted molar refractivity (Wildman–Crippen MR) is 113 cm³/mol. The first kappa shape index (κ1) is 20.4. The Hall–Kier alpha value is -1.29. The summed E-state index contributed by atoms with van der Waals surface area (Å²) in [6, 6.07) is 5.56. The smallest absolute Gasteiger partial charge is 0.127 e. The van der Waals surface area contributed by atoms with Crippen molar-refractivity contribution < 1.29 is 4.39 Å². The molecule has 0 atom stereocenters. The third-order valence-electron chi connectivity index (χ3n) is 7.18. The van der Waals surface area contributed by atoms with Crippen molar-refractivity contribution in [3.63, 3.8) is 0 Å². The van der Waals surface area contributed by atoms with Crippen molar-refractivity contribution in [3.8, 4) is 11.8 Å². The zero-order valence-electron chi connectivity index (χ0n) is 17.4. The Morgan fingerprint density at radius 3 is 2.19 bits per heavy atom. The van der Waals surface area contributed by atoms with Gasteiger partial charge in [0, 0.05) is 11.5 Å². The second-order valence-corrected chi connectivity index (χ2v) is 8.98. The van der Waals surface area contributed by atoms with Crippen molar-refractivity contribution in [2.24, 2.45) is 23.7 Å². The molecule has 3 rings (SSSR count). The van der Waals surface area contributed by atoms with E-state index in [2.05, 4.69) is 25.7 Å². The molecule has 0 nitrogen and oxygen atoms in total. The van der Waals surface area contributed by atoms with Crippen LogP contribution in [0.3, 0.4) is 0 Å². The minimum Gasteiger partial charge on any atom is -0.207 e. The van der Waals surface area contributed by atoms with E-state index in [1.54, 1.807) is 6.07 Å². The maximum Gasteiger partial charge on any atom is 0.127 e. The number of unbranched alkanes of at least 4 members (excludes halogenated alkanes) is 1. The zero-order valence-corrected chi connectivity index (χ0v) is 17.4. The molecule has 0 aromatic heterocycles. The molecule has 1 aromatic rings. The van der Waals surface area contributed by atoms with Gasteiger partial charge in [-0.05, 0) is 86.8 Å². The van der Waals surface area contributed by atoms with Crippen molar-refractivity contribution in [2.75, 3.05) is 0 Å². The maximum absolute atomic E-state index is 14.2. The Labute approximate surface area is 166 Å². The maximum atomic E-state index is 14.2. The van der Waals surface area contributed by atoms with Gasteiger partial charge in [0.05, 0.1) is 0 Å². The van der Waals surface area contributed by atoms with Gasteiger partial charge in [0.25, 0.3) is 0 Å². The van der Waals surface area contributed by atoms with Crippen LogP contribution in [0.4, 0.5) is 4.39 Å². The van der Waals surface area contributed by atoms with E-state index >= 15 is 0 Å². The molecule has 0 saturated heterocycles. The van der Waals surface area contributed by atoms with E-state index in [9.17, 15) is 4.39 Å². The third kappa shape index (κ3) is 5.84. The van der Waals surface area contributed by atoms with Crippen molar-refractivity contribution in [3.05, 3.63) is 35.1 Å². The molecule has 0 radical (unpaired) electrons. The van der Waals surface area contributed by atoms with Gasteiger partial charge in [-0.25, -0.2) is 4.39 Å². The van der Waals surface area contributed by atoms with Crippen LogP contribution >= 0.6 is 0 Å². The number of halogens is 1. The van der Waals surface area contributed by atoms with E-state index < -0.39 is 0 Å². The Balaban J connectivity index is 1.48. The lowest BCUT2D eigenvalue weighted by atomic mass is 9.69. The molecule has 2 aliphatic carbocycles. The van der Waals surface area contributed by atoms with E-state index in [0.717, 1.165) is 48.1 Å². The summed E-state index contributed by atoms with van der Waals surface area (Å²) in [6.07, 6.45) is 15.4. The highest BCUT2D eigenvalue weighted by Gasteiger charge is 2.29. The van der Waals surface area contributed by atoms with E-state index in [-0.39, 0.29) is 5.82 Å². The van der Waals surface area contributed by atoms with Crippen LogP contribution in [-0.2, 0) is 6.42 Å². The first-order chi connectivity index (χ1) is 13.2. The van der Waals surface area contributed by atoms with Crippen LogP contribution < -0.4 is 0 Å². The van der Waals surface area contributed by atoms with Gasteiger partial charge in [-0.15, -0.1) is 0 Å². The van der Waals surface area contributed by atoms with Gasteiger partial charge < -0.3 is 0 Å². The van der Waals surface area contributed by atoms with E-state index in [4.69, 9.17) is 0 Å². The lowest BCUT2D eigenvalue weighted by Crippen LogP contribution is -2.25. The van der Waals surface area contributed by atoms with Crippen LogP contribution in [-0.4, -0.2) is 0 Å². The number of hydrogen-bond donors (Lipinski definition) is 0. The Kier molecular flexibility index (Phi) is 7.81. The van der Waals surface area contributed by atoms with Crippen LogP contribution in [0, 0.1) is 41.3 Å². The molecule has 0 N–H and O–H groups in total. The van der Waals surface area contributed by atoms with E-state index in [0.29, 0.717) is 5.92 Å². The summed E-state index contributed by atoms with van der Waals surface area (Å²) < 4.78 is 14.2. The molecule has 0 bridgehead atoms. The van der Waals surface area contributed by atoms with E-state index in [1.807, 2.05) is 12.1 Å². The van der Waals surface area contributed by atoms with Crippen molar-refractivity contribution in [2.45, 2.75) is 90.9 Å². The highest BCUT2D eigenvalue weighted by atomic mass is 19.1. The molecular formula is C26H37F. The van der Waals surface area contributed by atoms with Gasteiger partial charge in [0.1, 0.15) is 5.82 Å². The van der Waals surface area contributed by atoms with Gasteiger partial charge in [-0.2, -0.15) is 0 Å². The minimum atomic E-state index is -0.0818. The molecule has 2 aliphatic rings. The largest absolute Gasteiger partial charge is 0.207 e. The summed E-state index contributed by atoms with van der Waals surface area (Å²) in [5.74, 6) is 10.1. The highest BCUT2D eigenvalue weighted by Crippen LogP contribution is 2.41. The van der Waals surface area contributed by atoms with Crippen LogP contribution in [0.2, 0.25) is 0 Å². The number of benzene rings is 1. The monoisotopic (exact) mass is 368 g/mol. The molecule has 0 amide bonds. The van der Waals surface area contributed by atoms with Gasteiger partial charge in [-0.3, -0.25) is 0 Å². The highest BCUT2D eigenvalue weighted by molar-refractivity contribution is 5.37. The topological polar surface area (TPSA) is 0 Å². The fourth-order valence-electron chi connectivity index (χ4n) is 5.18. The first-order valence-electron chi connectivity index (χ1n) is 11.5. The molecule has 1 heteroatoms. The van der Waals surface area contributed by atoms with E-state index in [1.165, 1.54) is 57.8 Å². The minimum absolute atomic E-state index is 0.0818. The van der Waals surface area contributed by atoms with Crippen LogP contribution in [0.1, 0.15) is 95.6 Å². The van der Waals surface area contributed by atoms with Crippen LogP contribution in [0.25, 0.3) is 0 Å². The SMILES string of the molecule is CCCCc1ccc(C#C[C@H]2CC[C@H]([C@H]3CC[C@H](CC)CC3)CC2)cc1F. The van der Waals surface area contributed by atoms with Gasteiger partial charge in [0.15, 0.2) is 0 Å². The molecule has 0 unspecified atom stereocenters. The summed E-state index contributed by atoms with van der Waals surface area (Å²) in [6.45, 7) is 4.49. The molecule has 2 saturated carbocycles. The second kappa shape index (κ2) is 10.3. The number of rotatable bonds is 5. The first-order valence-corrected chi connectivity index (χ1v) is 11.5. The Morgan fingerprint density at radius 2 is 1.59 bits per heavy atom. The quantitative estimate of drug-likeness (QED) is 0.471. The van der Waals surface area contributed by atoms with Crippen LogP contribution in [0.5, 0.6) is 0 Å². The van der Waals surface area contributed by atoms with Crippen molar-refractivity contribution in [1.29, 1.82) is 0 Å². The standard InChI is InChI=1S/C26H37F/c1-3-5-6-25-18-13-22(19-26(25)27)8-7-21-11-16-24(17-12-21)23-14-9-20(4-2)10-15-23/h13,18-21,23-24H,3-6,9-12,14-17H2,1-2H3/t20-,21-,23-,24-. The summed E-state index contributed by atoms with van der Waals surface area (Å²) in [5, 5.41) is 0. The lowest BCUT2D eigenvalue weighted by molar-refractivity contribution is 0.156. The van der Waals surface area contributed by atoms with Gasteiger partial charge >= 0.3 is 0 Å². The Bertz CT molecular complexity index is 634. The molecule has 0 aliphatic heterocycles. The molecule has 27 heavy (non-hydrogen) atoms. The Morgan fingerprint density at radius 1 is 0.926 bits per heavy atom. The second-order valence-electron chi connectivity index (χ2n) is 8.98. The molecule has 148 valence electrons. The van der Waals surface area contributed by atoms with Crippen LogP contribution in [0.15, 0.2) is 18.2 Å².